The number of aliphatic carboxylic acids is 1. The van der Waals surface area contributed by atoms with Crippen LogP contribution in [0.5, 0.6) is 5.75 Å². The van der Waals surface area contributed by atoms with Crippen molar-refractivity contribution in [2.75, 3.05) is 0 Å². The van der Waals surface area contributed by atoms with Crippen molar-refractivity contribution in [3.63, 3.8) is 0 Å². The molecule has 0 aliphatic heterocycles. The van der Waals surface area contributed by atoms with Crippen LogP contribution in [0.4, 0.5) is 0 Å². The molecule has 0 fully saturated rings. The van der Waals surface area contributed by atoms with Crippen LogP contribution in [0.15, 0.2) is 72.8 Å². The highest BCUT2D eigenvalue weighted by Crippen LogP contribution is 2.27. The van der Waals surface area contributed by atoms with E-state index in [9.17, 15) is 19.8 Å². The van der Waals surface area contributed by atoms with E-state index in [1.165, 1.54) is 0 Å². The minimum absolute atomic E-state index is 0.0169. The molecule has 0 heterocycles. The number of aliphatic hydroxyl groups is 1. The van der Waals surface area contributed by atoms with E-state index >= 15 is 0 Å². The Balaban J connectivity index is 1.72. The number of carbonyl (C=O) groups is 2. The van der Waals surface area contributed by atoms with Crippen LogP contribution in [-0.2, 0) is 34.1 Å². The van der Waals surface area contributed by atoms with Crippen LogP contribution in [0.3, 0.4) is 0 Å². The first-order valence-electron chi connectivity index (χ1n) is 9.90. The summed E-state index contributed by atoms with van der Waals surface area (Å²) in [4.78, 5) is 22.1. The molecular formula is C25H23O6-. The summed E-state index contributed by atoms with van der Waals surface area (Å²) >= 11 is 0. The number of hydrogen-bond acceptors (Lipinski definition) is 6. The van der Waals surface area contributed by atoms with Crippen molar-refractivity contribution in [3.05, 3.63) is 89.5 Å². The van der Waals surface area contributed by atoms with Crippen LogP contribution in [0.2, 0.25) is 0 Å². The smallest absolute Gasteiger partial charge is 0.306 e. The quantitative estimate of drug-likeness (QED) is 0.508. The Morgan fingerprint density at radius 2 is 1.55 bits per heavy atom. The van der Waals surface area contributed by atoms with Crippen molar-refractivity contribution in [3.8, 4) is 16.9 Å². The highest BCUT2D eigenvalue weighted by atomic mass is 16.5. The molecule has 0 saturated heterocycles. The number of carboxylic acids is 1. The highest BCUT2D eigenvalue weighted by Gasteiger charge is 2.08. The molecular weight excluding hydrogens is 396 g/mol. The lowest BCUT2D eigenvalue weighted by molar-refractivity contribution is -0.305. The van der Waals surface area contributed by atoms with E-state index in [1.54, 1.807) is 6.07 Å². The molecule has 0 aromatic heterocycles. The maximum atomic E-state index is 11.7. The Morgan fingerprint density at radius 1 is 0.774 bits per heavy atom. The second kappa shape index (κ2) is 10.9. The van der Waals surface area contributed by atoms with Gasteiger partial charge in [0.1, 0.15) is 19.0 Å². The van der Waals surface area contributed by atoms with Crippen LogP contribution in [-0.4, -0.2) is 17.0 Å². The zero-order valence-corrected chi connectivity index (χ0v) is 17.0. The molecule has 3 aromatic rings. The molecule has 0 atom stereocenters. The van der Waals surface area contributed by atoms with Crippen LogP contribution >= 0.6 is 0 Å². The van der Waals surface area contributed by atoms with E-state index in [2.05, 4.69) is 0 Å². The van der Waals surface area contributed by atoms with Gasteiger partial charge in [-0.2, -0.15) is 0 Å². The maximum absolute atomic E-state index is 11.7. The molecule has 6 heteroatoms. The van der Waals surface area contributed by atoms with Gasteiger partial charge in [-0.15, -0.1) is 0 Å². The fourth-order valence-electron chi connectivity index (χ4n) is 3.05. The summed E-state index contributed by atoms with van der Waals surface area (Å²) in [5, 5.41) is 20.1. The molecule has 0 radical (unpaired) electrons. The Hall–Kier alpha value is -3.64. The third-order valence-corrected chi connectivity index (χ3v) is 4.58. The molecule has 0 unspecified atom stereocenters. The first-order chi connectivity index (χ1) is 15.0. The summed E-state index contributed by atoms with van der Waals surface area (Å²) in [7, 11) is 0. The third kappa shape index (κ3) is 6.97. The number of aliphatic hydroxyl groups excluding tert-OH is 1. The predicted molar refractivity (Wildman–Crippen MR) is 113 cm³/mol. The van der Waals surface area contributed by atoms with Crippen molar-refractivity contribution >= 4 is 11.9 Å². The topological polar surface area (TPSA) is 95.9 Å². The van der Waals surface area contributed by atoms with Gasteiger partial charge in [0.25, 0.3) is 0 Å². The number of carbonyl (C=O) groups excluding carboxylic acids is 2. The monoisotopic (exact) mass is 419 g/mol. The molecule has 160 valence electrons. The lowest BCUT2D eigenvalue weighted by Gasteiger charge is -2.12. The van der Waals surface area contributed by atoms with E-state index < -0.39 is 11.9 Å². The Morgan fingerprint density at radius 3 is 2.29 bits per heavy atom. The van der Waals surface area contributed by atoms with E-state index in [4.69, 9.17) is 9.47 Å². The SMILES string of the molecule is O=C([O-])CCC(=O)OCc1cc(CO)cc(-c2cccc(OCc3ccccc3)c2)c1. The molecule has 0 aliphatic rings. The summed E-state index contributed by atoms with van der Waals surface area (Å²) < 4.78 is 11.0. The predicted octanol–water partition coefficient (Wildman–Crippen LogP) is 3.00. The fraction of sp³-hybridized carbons (Fsp3) is 0.200. The van der Waals surface area contributed by atoms with Gasteiger partial charge in [0.15, 0.2) is 0 Å². The highest BCUT2D eigenvalue weighted by molar-refractivity contribution is 5.75. The zero-order valence-electron chi connectivity index (χ0n) is 17.0. The van der Waals surface area contributed by atoms with E-state index in [-0.39, 0.29) is 26.1 Å². The minimum atomic E-state index is -1.30. The molecule has 3 aromatic carbocycles. The van der Waals surface area contributed by atoms with E-state index in [0.29, 0.717) is 23.5 Å². The van der Waals surface area contributed by atoms with E-state index in [0.717, 1.165) is 16.7 Å². The van der Waals surface area contributed by atoms with Crippen LogP contribution in [0.25, 0.3) is 11.1 Å². The summed E-state index contributed by atoms with van der Waals surface area (Å²) in [5.74, 6) is -1.20. The molecule has 0 spiro atoms. The molecule has 31 heavy (non-hydrogen) atoms. The molecule has 0 bridgehead atoms. The van der Waals surface area contributed by atoms with Gasteiger partial charge in [-0.05, 0) is 58.5 Å². The second-order valence-electron chi connectivity index (χ2n) is 7.03. The maximum Gasteiger partial charge on any atom is 0.306 e. The number of rotatable bonds is 10. The Labute approximate surface area is 180 Å². The van der Waals surface area contributed by atoms with Crippen molar-refractivity contribution in [2.24, 2.45) is 0 Å². The van der Waals surface area contributed by atoms with Crippen molar-refractivity contribution in [2.45, 2.75) is 32.7 Å². The third-order valence-electron chi connectivity index (χ3n) is 4.58. The molecule has 0 aliphatic carbocycles. The van der Waals surface area contributed by atoms with Crippen LogP contribution < -0.4 is 9.84 Å². The summed E-state index contributed by atoms with van der Waals surface area (Å²) in [6.07, 6.45) is -0.619. The minimum Gasteiger partial charge on any atom is -0.550 e. The molecule has 6 nitrogen and oxygen atoms in total. The number of ether oxygens (including phenoxy) is 2. The standard InChI is InChI=1S/C25H24O6/c26-15-19-11-20(17-31-25(29)10-9-24(27)28)13-22(12-19)21-7-4-8-23(14-21)30-16-18-5-2-1-3-6-18/h1-8,11-14,26H,9-10,15-17H2,(H,27,28)/p-1. The first kappa shape index (κ1) is 22.1. The largest absolute Gasteiger partial charge is 0.550 e. The van der Waals surface area contributed by atoms with Gasteiger partial charge in [0.05, 0.1) is 13.0 Å². The average molecular weight is 419 g/mol. The Kier molecular flexibility index (Phi) is 7.79. The van der Waals surface area contributed by atoms with Crippen LogP contribution in [0.1, 0.15) is 29.5 Å². The zero-order chi connectivity index (χ0) is 22.1. The van der Waals surface area contributed by atoms with E-state index in [1.807, 2.05) is 66.7 Å². The van der Waals surface area contributed by atoms with Crippen molar-refractivity contribution < 1.29 is 29.3 Å². The summed E-state index contributed by atoms with van der Waals surface area (Å²) in [6.45, 7) is 0.272. The molecule has 0 saturated carbocycles. The lowest BCUT2D eigenvalue weighted by atomic mass is 10.00. The second-order valence-corrected chi connectivity index (χ2v) is 7.03. The first-order valence-corrected chi connectivity index (χ1v) is 9.90. The fourth-order valence-corrected chi connectivity index (χ4v) is 3.05. The van der Waals surface area contributed by atoms with Crippen molar-refractivity contribution in [1.29, 1.82) is 0 Å². The molecule has 0 amide bonds. The van der Waals surface area contributed by atoms with Gasteiger partial charge >= 0.3 is 5.97 Å². The number of hydrogen-bond donors (Lipinski definition) is 1. The van der Waals surface area contributed by atoms with Gasteiger partial charge in [0.2, 0.25) is 0 Å². The summed E-state index contributed by atoms with van der Waals surface area (Å²) in [5.41, 5.74) is 4.17. The molecule has 1 N–H and O–H groups in total. The average Bonchev–Trinajstić information content (AvgIpc) is 2.80. The van der Waals surface area contributed by atoms with Gasteiger partial charge in [-0.25, -0.2) is 0 Å². The van der Waals surface area contributed by atoms with Crippen LogP contribution in [0, 0.1) is 0 Å². The van der Waals surface area contributed by atoms with Crippen molar-refractivity contribution in [1.82, 2.24) is 0 Å². The van der Waals surface area contributed by atoms with Gasteiger partial charge in [-0.1, -0.05) is 48.5 Å². The number of benzene rings is 3. The Bertz CT molecular complexity index is 1030. The lowest BCUT2D eigenvalue weighted by Crippen LogP contribution is -2.23. The molecule has 3 rings (SSSR count). The van der Waals surface area contributed by atoms with Gasteiger partial charge < -0.3 is 24.5 Å². The van der Waals surface area contributed by atoms with Gasteiger partial charge in [0, 0.05) is 5.97 Å². The van der Waals surface area contributed by atoms with Gasteiger partial charge in [-0.3, -0.25) is 4.79 Å². The summed E-state index contributed by atoms with van der Waals surface area (Å²) in [6, 6.07) is 22.9. The normalized spacial score (nSPS) is 10.5. The number of carboxylic acid groups (broad SMARTS) is 1. The number of esters is 1.